The van der Waals surface area contributed by atoms with Gasteiger partial charge in [-0.2, -0.15) is 13.2 Å². The number of hydrogen-bond acceptors (Lipinski definition) is 4. The van der Waals surface area contributed by atoms with E-state index in [4.69, 9.17) is 4.74 Å². The normalized spacial score (nSPS) is 18.5. The van der Waals surface area contributed by atoms with E-state index in [9.17, 15) is 18.3 Å². The maximum Gasteiger partial charge on any atom is 0.417 e. The fourth-order valence-electron chi connectivity index (χ4n) is 1.98. The summed E-state index contributed by atoms with van der Waals surface area (Å²) in [6.07, 6.45) is -4.66. The SMILES string of the molecule is CC(O)c1cc(C(F)(F)F)cnc1N1CCOCC1. The third-order valence-electron chi connectivity index (χ3n) is 2.98. The van der Waals surface area contributed by atoms with Crippen molar-refractivity contribution in [3.8, 4) is 0 Å². The predicted octanol–water partition coefficient (Wildman–Crippen LogP) is 1.99. The summed E-state index contributed by atoms with van der Waals surface area (Å²) in [6, 6.07) is 0.961. The van der Waals surface area contributed by atoms with Crippen LogP contribution in [0.5, 0.6) is 0 Å². The van der Waals surface area contributed by atoms with Gasteiger partial charge < -0.3 is 14.7 Å². The first-order valence-electron chi connectivity index (χ1n) is 5.97. The second kappa shape index (κ2) is 5.34. The molecule has 1 saturated heterocycles. The van der Waals surface area contributed by atoms with Crippen molar-refractivity contribution in [3.05, 3.63) is 23.4 Å². The zero-order chi connectivity index (χ0) is 14.0. The van der Waals surface area contributed by atoms with E-state index < -0.39 is 17.8 Å². The van der Waals surface area contributed by atoms with Gasteiger partial charge in [-0.25, -0.2) is 4.98 Å². The lowest BCUT2D eigenvalue weighted by Gasteiger charge is -2.30. The van der Waals surface area contributed by atoms with E-state index in [1.165, 1.54) is 6.92 Å². The van der Waals surface area contributed by atoms with Crippen LogP contribution in [0.1, 0.15) is 24.2 Å². The van der Waals surface area contributed by atoms with Crippen LogP contribution in [0.3, 0.4) is 0 Å². The minimum absolute atomic E-state index is 0.191. The van der Waals surface area contributed by atoms with Crippen LogP contribution in [0.25, 0.3) is 0 Å². The number of halogens is 3. The lowest BCUT2D eigenvalue weighted by Crippen LogP contribution is -2.37. The molecule has 1 unspecified atom stereocenters. The predicted molar refractivity (Wildman–Crippen MR) is 62.9 cm³/mol. The monoisotopic (exact) mass is 276 g/mol. The Labute approximate surface area is 108 Å². The molecule has 1 aromatic rings. The molecule has 0 spiro atoms. The fraction of sp³-hybridized carbons (Fsp3) is 0.583. The van der Waals surface area contributed by atoms with Crippen LogP contribution in [-0.2, 0) is 10.9 Å². The average Bonchev–Trinajstić information content (AvgIpc) is 2.38. The fourth-order valence-corrected chi connectivity index (χ4v) is 1.98. The molecule has 106 valence electrons. The van der Waals surface area contributed by atoms with E-state index in [2.05, 4.69) is 4.98 Å². The molecule has 2 heterocycles. The Morgan fingerprint density at radius 1 is 1.37 bits per heavy atom. The molecule has 1 aliphatic rings. The van der Waals surface area contributed by atoms with E-state index in [1.54, 1.807) is 0 Å². The molecule has 0 aliphatic carbocycles. The van der Waals surface area contributed by atoms with Gasteiger partial charge in [0.1, 0.15) is 5.82 Å². The first kappa shape index (κ1) is 14.1. The zero-order valence-electron chi connectivity index (χ0n) is 10.4. The zero-order valence-corrected chi connectivity index (χ0v) is 10.4. The van der Waals surface area contributed by atoms with Crippen molar-refractivity contribution in [2.45, 2.75) is 19.2 Å². The summed E-state index contributed by atoms with van der Waals surface area (Å²) in [6.45, 7) is 3.54. The third-order valence-corrected chi connectivity index (χ3v) is 2.98. The van der Waals surface area contributed by atoms with Gasteiger partial charge in [0, 0.05) is 24.8 Å². The third kappa shape index (κ3) is 3.16. The number of pyridine rings is 1. The van der Waals surface area contributed by atoms with Crippen molar-refractivity contribution in [2.24, 2.45) is 0 Å². The van der Waals surface area contributed by atoms with Crippen LogP contribution >= 0.6 is 0 Å². The van der Waals surface area contributed by atoms with E-state index >= 15 is 0 Å². The second-order valence-corrected chi connectivity index (χ2v) is 4.41. The highest BCUT2D eigenvalue weighted by molar-refractivity contribution is 5.50. The number of nitrogens with zero attached hydrogens (tertiary/aromatic N) is 2. The molecule has 7 heteroatoms. The largest absolute Gasteiger partial charge is 0.417 e. The summed E-state index contributed by atoms with van der Waals surface area (Å²) < 4.78 is 43.1. The number of alkyl halides is 3. The molecule has 19 heavy (non-hydrogen) atoms. The first-order chi connectivity index (χ1) is 8.89. The lowest BCUT2D eigenvalue weighted by molar-refractivity contribution is -0.137. The average molecular weight is 276 g/mol. The van der Waals surface area contributed by atoms with Crippen LogP contribution < -0.4 is 4.90 Å². The number of morpholine rings is 1. The van der Waals surface area contributed by atoms with Crippen LogP contribution in [0.4, 0.5) is 19.0 Å². The van der Waals surface area contributed by atoms with Crippen LogP contribution in [0.2, 0.25) is 0 Å². The van der Waals surface area contributed by atoms with Gasteiger partial charge in [0.05, 0.1) is 24.9 Å². The van der Waals surface area contributed by atoms with E-state index in [1.807, 2.05) is 4.90 Å². The Morgan fingerprint density at radius 3 is 2.53 bits per heavy atom. The van der Waals surface area contributed by atoms with Crippen molar-refractivity contribution in [1.82, 2.24) is 4.98 Å². The topological polar surface area (TPSA) is 45.6 Å². The van der Waals surface area contributed by atoms with Gasteiger partial charge in [-0.05, 0) is 13.0 Å². The van der Waals surface area contributed by atoms with Gasteiger partial charge in [-0.15, -0.1) is 0 Å². The summed E-state index contributed by atoms with van der Waals surface area (Å²) in [5.74, 6) is 0.395. The summed E-state index contributed by atoms with van der Waals surface area (Å²) in [5, 5.41) is 9.66. The molecule has 0 radical (unpaired) electrons. The van der Waals surface area contributed by atoms with Gasteiger partial charge in [-0.1, -0.05) is 0 Å². The van der Waals surface area contributed by atoms with Crippen LogP contribution in [0.15, 0.2) is 12.3 Å². The number of ether oxygens (including phenoxy) is 1. The molecule has 1 fully saturated rings. The van der Waals surface area contributed by atoms with E-state index in [0.717, 1.165) is 12.3 Å². The Hall–Kier alpha value is -1.34. The number of anilines is 1. The highest BCUT2D eigenvalue weighted by Crippen LogP contribution is 2.33. The molecular formula is C12H15F3N2O2. The minimum atomic E-state index is -4.46. The molecular weight excluding hydrogens is 261 g/mol. The number of aliphatic hydroxyl groups excluding tert-OH is 1. The molecule has 0 saturated carbocycles. The van der Waals surface area contributed by atoms with Crippen LogP contribution in [0, 0.1) is 0 Å². The lowest BCUT2D eigenvalue weighted by atomic mass is 10.1. The van der Waals surface area contributed by atoms with Crippen molar-refractivity contribution >= 4 is 5.82 Å². The Bertz CT molecular complexity index is 443. The minimum Gasteiger partial charge on any atom is -0.389 e. The van der Waals surface area contributed by atoms with Crippen molar-refractivity contribution in [1.29, 1.82) is 0 Å². The molecule has 1 N–H and O–H groups in total. The summed E-state index contributed by atoms with van der Waals surface area (Å²) >= 11 is 0. The molecule has 4 nitrogen and oxygen atoms in total. The number of aromatic nitrogens is 1. The maximum absolute atomic E-state index is 12.6. The Morgan fingerprint density at radius 2 is 2.00 bits per heavy atom. The molecule has 1 aliphatic heterocycles. The van der Waals surface area contributed by atoms with Gasteiger partial charge in [0.15, 0.2) is 0 Å². The number of aliphatic hydroxyl groups is 1. The van der Waals surface area contributed by atoms with Gasteiger partial charge >= 0.3 is 6.18 Å². The standard InChI is InChI=1S/C12H15F3N2O2/c1-8(18)10-6-9(12(13,14)15)7-16-11(10)17-2-4-19-5-3-17/h6-8,18H,2-5H2,1H3. The maximum atomic E-state index is 12.6. The van der Waals surface area contributed by atoms with Crippen LogP contribution in [-0.4, -0.2) is 36.4 Å². The summed E-state index contributed by atoms with van der Waals surface area (Å²) in [7, 11) is 0. The molecule has 1 atom stereocenters. The van der Waals surface area contributed by atoms with E-state index in [-0.39, 0.29) is 5.56 Å². The van der Waals surface area contributed by atoms with Gasteiger partial charge in [0.2, 0.25) is 0 Å². The van der Waals surface area contributed by atoms with Gasteiger partial charge in [-0.3, -0.25) is 0 Å². The molecule has 0 bridgehead atoms. The highest BCUT2D eigenvalue weighted by Gasteiger charge is 2.32. The first-order valence-corrected chi connectivity index (χ1v) is 5.97. The number of hydrogen-bond donors (Lipinski definition) is 1. The van der Waals surface area contributed by atoms with E-state index in [0.29, 0.717) is 32.1 Å². The smallest absolute Gasteiger partial charge is 0.389 e. The molecule has 0 aromatic carbocycles. The quantitative estimate of drug-likeness (QED) is 0.897. The van der Waals surface area contributed by atoms with Crippen molar-refractivity contribution in [2.75, 3.05) is 31.2 Å². The molecule has 0 amide bonds. The van der Waals surface area contributed by atoms with Gasteiger partial charge in [0.25, 0.3) is 0 Å². The second-order valence-electron chi connectivity index (χ2n) is 4.41. The Kier molecular flexibility index (Phi) is 3.96. The number of rotatable bonds is 2. The molecule has 2 rings (SSSR count). The highest BCUT2D eigenvalue weighted by atomic mass is 19.4. The molecule has 1 aromatic heterocycles. The van der Waals surface area contributed by atoms with Crippen molar-refractivity contribution < 1.29 is 23.0 Å². The Balaban J connectivity index is 2.37. The summed E-state index contributed by atoms with van der Waals surface area (Å²) in [5.41, 5.74) is -0.655. The summed E-state index contributed by atoms with van der Waals surface area (Å²) in [4.78, 5) is 5.71. The van der Waals surface area contributed by atoms with Crippen molar-refractivity contribution in [3.63, 3.8) is 0 Å².